The maximum atomic E-state index is 2.23. The van der Waals surface area contributed by atoms with Crippen molar-refractivity contribution < 1.29 is 0 Å². The average molecular weight is 1090 g/mol. The summed E-state index contributed by atoms with van der Waals surface area (Å²) in [5, 5.41) is 16.8. The molecule has 0 spiro atoms. The van der Waals surface area contributed by atoms with E-state index in [1.807, 2.05) is 0 Å². The standard InChI is InChI=1S/4C18H15P.K/c4*1-4-10-16(11-5-1)19(17-12-6-2-7-13-17)18-14-8-3-9-15-18;/h4*1-15H;. The van der Waals surface area contributed by atoms with Gasteiger partial charge in [0.05, 0.1) is 0 Å². The van der Waals surface area contributed by atoms with Gasteiger partial charge in [-0.2, -0.15) is 0 Å². The molecule has 0 bridgehead atoms. The summed E-state index contributed by atoms with van der Waals surface area (Å²) in [6.07, 6.45) is 0. The predicted octanol–water partition coefficient (Wildman–Crippen LogP) is 13.4. The Balaban J connectivity index is 0.000000135. The largest absolute Gasteiger partial charge is 0.0622 e. The molecule has 0 atom stereocenters. The van der Waals surface area contributed by atoms with Crippen molar-refractivity contribution in [1.29, 1.82) is 0 Å². The molecule has 0 amide bonds. The summed E-state index contributed by atoms with van der Waals surface area (Å²) in [5.74, 6) is 0. The summed E-state index contributed by atoms with van der Waals surface area (Å²) in [7, 11) is -1.78. The minimum absolute atomic E-state index is 0. The molecule has 0 aromatic heterocycles. The van der Waals surface area contributed by atoms with Gasteiger partial charge in [0.15, 0.2) is 0 Å². The first kappa shape index (κ1) is 57.2. The Morgan fingerprint density at radius 1 is 0.104 bits per heavy atom. The zero-order chi connectivity index (χ0) is 51.7. The van der Waals surface area contributed by atoms with E-state index in [0.29, 0.717) is 0 Å². The molecule has 0 saturated carbocycles. The Hall–Kier alpha value is -6.00. The molecule has 5 heteroatoms. The smallest absolute Gasteiger partial charge is 0 e. The van der Waals surface area contributed by atoms with Crippen molar-refractivity contribution in [1.82, 2.24) is 0 Å². The van der Waals surface area contributed by atoms with E-state index >= 15 is 0 Å². The molecule has 12 aromatic rings. The van der Waals surface area contributed by atoms with Crippen molar-refractivity contribution in [3.63, 3.8) is 0 Å². The molecule has 12 aromatic carbocycles. The van der Waals surface area contributed by atoms with E-state index in [2.05, 4.69) is 364 Å². The molecule has 0 nitrogen and oxygen atoms in total. The molecular formula is C72H60KP4. The number of hydrogen-bond donors (Lipinski definition) is 0. The van der Waals surface area contributed by atoms with E-state index < -0.39 is 31.7 Å². The van der Waals surface area contributed by atoms with Crippen LogP contribution >= 0.6 is 31.7 Å². The van der Waals surface area contributed by atoms with E-state index in [1.54, 1.807) is 0 Å². The van der Waals surface area contributed by atoms with Gasteiger partial charge in [0.25, 0.3) is 0 Å². The van der Waals surface area contributed by atoms with Crippen LogP contribution in [-0.2, 0) is 0 Å². The fourth-order valence-electron chi connectivity index (χ4n) is 8.71. The number of hydrogen-bond acceptors (Lipinski definition) is 0. The number of benzene rings is 12. The third-order valence-corrected chi connectivity index (χ3v) is 21.9. The van der Waals surface area contributed by atoms with Crippen LogP contribution in [0.5, 0.6) is 0 Å². The van der Waals surface area contributed by atoms with E-state index in [4.69, 9.17) is 0 Å². The van der Waals surface area contributed by atoms with Crippen molar-refractivity contribution in [2.24, 2.45) is 0 Å². The molecule has 1 radical (unpaired) electrons. The van der Waals surface area contributed by atoms with Gasteiger partial charge < -0.3 is 0 Å². The van der Waals surface area contributed by atoms with Gasteiger partial charge in [-0.25, -0.2) is 0 Å². The van der Waals surface area contributed by atoms with Crippen molar-refractivity contribution in [2.45, 2.75) is 0 Å². The van der Waals surface area contributed by atoms with Crippen molar-refractivity contribution in [3.8, 4) is 0 Å². The zero-order valence-corrected chi connectivity index (χ0v) is 50.1. The zero-order valence-electron chi connectivity index (χ0n) is 43.4. The Morgan fingerprint density at radius 3 is 0.234 bits per heavy atom. The summed E-state index contributed by atoms with van der Waals surface area (Å²) < 4.78 is 0. The van der Waals surface area contributed by atoms with Crippen LogP contribution in [0.4, 0.5) is 0 Å². The van der Waals surface area contributed by atoms with Crippen LogP contribution in [0.15, 0.2) is 364 Å². The molecule has 0 aliphatic rings. The third-order valence-electron chi connectivity index (χ3n) is 12.2. The van der Waals surface area contributed by atoms with Crippen molar-refractivity contribution in [3.05, 3.63) is 364 Å². The maximum Gasteiger partial charge on any atom is 0 e. The van der Waals surface area contributed by atoms with Gasteiger partial charge in [-0.05, 0) is 95.3 Å². The van der Waals surface area contributed by atoms with Crippen molar-refractivity contribution >= 4 is 147 Å². The first-order chi connectivity index (χ1) is 37.8. The van der Waals surface area contributed by atoms with Gasteiger partial charge in [-0.15, -0.1) is 0 Å². The number of rotatable bonds is 12. The van der Waals surface area contributed by atoms with E-state index in [0.717, 1.165) is 0 Å². The SMILES string of the molecule is [K].c1ccc(P(c2ccccc2)c2ccccc2)cc1.c1ccc(P(c2ccccc2)c2ccccc2)cc1.c1ccc(P(c2ccccc2)c2ccccc2)cc1.c1ccc(P(c2ccccc2)c2ccccc2)cc1. The van der Waals surface area contributed by atoms with Gasteiger partial charge >= 0.3 is 0 Å². The fraction of sp³-hybridized carbons (Fsp3) is 0. The van der Waals surface area contributed by atoms with Gasteiger partial charge in [0, 0.05) is 51.4 Å². The Morgan fingerprint density at radius 2 is 0.169 bits per heavy atom. The molecule has 77 heavy (non-hydrogen) atoms. The van der Waals surface area contributed by atoms with Crippen LogP contribution in [0.3, 0.4) is 0 Å². The molecule has 0 unspecified atom stereocenters. The van der Waals surface area contributed by atoms with E-state index in [-0.39, 0.29) is 51.4 Å². The van der Waals surface area contributed by atoms with E-state index in [1.165, 1.54) is 63.7 Å². The average Bonchev–Trinajstić information content (AvgIpc) is 3.51. The second-order valence-corrected chi connectivity index (χ2v) is 26.2. The Bertz CT molecular complexity index is 2580. The topological polar surface area (TPSA) is 0 Å². The maximum absolute atomic E-state index is 2.23. The third kappa shape index (κ3) is 17.0. The molecule has 0 aliphatic heterocycles. The molecule has 0 N–H and O–H groups in total. The first-order valence-corrected chi connectivity index (χ1v) is 31.0. The quantitative estimate of drug-likeness (QED) is 0.0845. The van der Waals surface area contributed by atoms with Gasteiger partial charge in [-0.1, -0.05) is 364 Å². The van der Waals surface area contributed by atoms with E-state index in [9.17, 15) is 0 Å². The predicted molar refractivity (Wildman–Crippen MR) is 346 cm³/mol. The minimum atomic E-state index is -0.446. The van der Waals surface area contributed by atoms with Crippen molar-refractivity contribution in [2.75, 3.05) is 0 Å². The van der Waals surface area contributed by atoms with Gasteiger partial charge in [0.1, 0.15) is 0 Å². The summed E-state index contributed by atoms with van der Waals surface area (Å²) in [5.41, 5.74) is 0. The summed E-state index contributed by atoms with van der Waals surface area (Å²) in [6, 6.07) is 129. The van der Waals surface area contributed by atoms with Crippen LogP contribution in [-0.4, -0.2) is 51.4 Å². The van der Waals surface area contributed by atoms with Gasteiger partial charge in [0.2, 0.25) is 0 Å². The van der Waals surface area contributed by atoms with Crippen LogP contribution in [0.2, 0.25) is 0 Å². The van der Waals surface area contributed by atoms with Crippen LogP contribution in [0.1, 0.15) is 0 Å². The monoisotopic (exact) mass is 1090 g/mol. The van der Waals surface area contributed by atoms with Crippen LogP contribution < -0.4 is 63.7 Å². The molecule has 0 aliphatic carbocycles. The fourth-order valence-corrected chi connectivity index (χ4v) is 17.9. The van der Waals surface area contributed by atoms with Crippen LogP contribution in [0.25, 0.3) is 0 Å². The normalized spacial score (nSPS) is 10.4. The van der Waals surface area contributed by atoms with Gasteiger partial charge in [-0.3, -0.25) is 0 Å². The second kappa shape index (κ2) is 32.0. The molecule has 0 saturated heterocycles. The molecular weight excluding hydrogens is 1030 g/mol. The Labute approximate surface area is 505 Å². The molecule has 369 valence electrons. The first-order valence-electron chi connectivity index (χ1n) is 25.6. The molecule has 0 fully saturated rings. The molecule has 12 rings (SSSR count). The Kier molecular flexibility index (Phi) is 23.8. The summed E-state index contributed by atoms with van der Waals surface area (Å²) in [6.45, 7) is 0. The summed E-state index contributed by atoms with van der Waals surface area (Å²) >= 11 is 0. The van der Waals surface area contributed by atoms with Crippen LogP contribution in [0, 0.1) is 0 Å². The second-order valence-electron chi connectivity index (χ2n) is 17.4. The molecule has 0 heterocycles. The minimum Gasteiger partial charge on any atom is -0.0622 e. The summed E-state index contributed by atoms with van der Waals surface area (Å²) in [4.78, 5) is 0.